The van der Waals surface area contributed by atoms with E-state index in [1.165, 1.54) is 12.8 Å². The number of ether oxygens (including phenoxy) is 1. The highest BCUT2D eigenvalue weighted by atomic mass is 16.5. The Kier molecular flexibility index (Phi) is 3.70. The first-order chi connectivity index (χ1) is 7.96. The number of carbonyl (C=O) groups is 1. The standard InChI is InChI=1S/C12H23N3O2/c1-12(2)8-15(5-6-17-12)7-10(11(13)16)14-9-3-4-9/h9-10,14H,3-8H2,1-2H3,(H2,13,16). The average molecular weight is 241 g/mol. The summed E-state index contributed by atoms with van der Waals surface area (Å²) in [5.74, 6) is -0.249. The van der Waals surface area contributed by atoms with Gasteiger partial charge in [-0.25, -0.2) is 0 Å². The number of amides is 1. The van der Waals surface area contributed by atoms with Crippen LogP contribution in [-0.2, 0) is 9.53 Å². The van der Waals surface area contributed by atoms with E-state index in [0.29, 0.717) is 12.6 Å². The van der Waals surface area contributed by atoms with E-state index in [2.05, 4.69) is 24.1 Å². The minimum atomic E-state index is -0.249. The second-order valence-corrected chi connectivity index (χ2v) is 5.74. The maximum absolute atomic E-state index is 11.4. The van der Waals surface area contributed by atoms with E-state index in [4.69, 9.17) is 10.5 Å². The minimum Gasteiger partial charge on any atom is -0.373 e. The van der Waals surface area contributed by atoms with Crippen molar-refractivity contribution in [1.82, 2.24) is 10.2 Å². The first-order valence-electron chi connectivity index (χ1n) is 6.38. The van der Waals surface area contributed by atoms with Crippen molar-refractivity contribution in [3.05, 3.63) is 0 Å². The van der Waals surface area contributed by atoms with Gasteiger partial charge in [0.2, 0.25) is 5.91 Å². The molecule has 2 fully saturated rings. The SMILES string of the molecule is CC1(C)CN(CC(NC2CC2)C(N)=O)CCO1. The van der Waals surface area contributed by atoms with E-state index in [1.807, 2.05) is 0 Å². The highest BCUT2D eigenvalue weighted by molar-refractivity contribution is 5.80. The molecule has 0 bridgehead atoms. The molecule has 5 nitrogen and oxygen atoms in total. The van der Waals surface area contributed by atoms with Crippen molar-refractivity contribution < 1.29 is 9.53 Å². The Morgan fingerprint density at radius 1 is 1.59 bits per heavy atom. The first-order valence-corrected chi connectivity index (χ1v) is 6.38. The van der Waals surface area contributed by atoms with Crippen LogP contribution in [0.3, 0.4) is 0 Å². The van der Waals surface area contributed by atoms with Crippen LogP contribution in [0.2, 0.25) is 0 Å². The lowest BCUT2D eigenvalue weighted by Crippen LogP contribution is -2.55. The molecule has 98 valence electrons. The van der Waals surface area contributed by atoms with Crippen LogP contribution in [0.15, 0.2) is 0 Å². The minimum absolute atomic E-state index is 0.125. The summed E-state index contributed by atoms with van der Waals surface area (Å²) in [6, 6.07) is 0.276. The van der Waals surface area contributed by atoms with Gasteiger partial charge in [-0.05, 0) is 26.7 Å². The maximum Gasteiger partial charge on any atom is 0.235 e. The number of nitrogens with zero attached hydrogens (tertiary/aromatic N) is 1. The molecule has 0 aromatic carbocycles. The molecule has 0 radical (unpaired) electrons. The van der Waals surface area contributed by atoms with Crippen LogP contribution in [0, 0.1) is 0 Å². The first kappa shape index (κ1) is 12.8. The molecular formula is C12H23N3O2. The number of morpholine rings is 1. The van der Waals surface area contributed by atoms with E-state index < -0.39 is 0 Å². The predicted molar refractivity (Wildman–Crippen MR) is 65.6 cm³/mol. The zero-order chi connectivity index (χ0) is 12.5. The van der Waals surface area contributed by atoms with Crippen LogP contribution >= 0.6 is 0 Å². The summed E-state index contributed by atoms with van der Waals surface area (Å²) in [4.78, 5) is 13.7. The van der Waals surface area contributed by atoms with Gasteiger partial charge in [0.1, 0.15) is 0 Å². The largest absolute Gasteiger partial charge is 0.373 e. The molecule has 2 aliphatic rings. The van der Waals surface area contributed by atoms with E-state index in [-0.39, 0.29) is 17.6 Å². The molecular weight excluding hydrogens is 218 g/mol. The number of carbonyl (C=O) groups excluding carboxylic acids is 1. The van der Waals surface area contributed by atoms with Crippen molar-refractivity contribution in [3.63, 3.8) is 0 Å². The van der Waals surface area contributed by atoms with Gasteiger partial charge in [0, 0.05) is 25.7 Å². The van der Waals surface area contributed by atoms with Crippen molar-refractivity contribution in [2.24, 2.45) is 5.73 Å². The summed E-state index contributed by atoms with van der Waals surface area (Å²) in [5.41, 5.74) is 5.31. The molecule has 2 rings (SSSR count). The van der Waals surface area contributed by atoms with Gasteiger partial charge in [-0.15, -0.1) is 0 Å². The summed E-state index contributed by atoms with van der Waals surface area (Å²) in [6.07, 6.45) is 2.33. The molecule has 1 amide bonds. The fraction of sp³-hybridized carbons (Fsp3) is 0.917. The molecule has 1 unspecified atom stereocenters. The highest BCUT2D eigenvalue weighted by Gasteiger charge is 2.32. The lowest BCUT2D eigenvalue weighted by molar-refractivity contribution is -0.122. The normalized spacial score (nSPS) is 26.7. The molecule has 0 aromatic rings. The monoisotopic (exact) mass is 241 g/mol. The van der Waals surface area contributed by atoms with E-state index >= 15 is 0 Å². The summed E-state index contributed by atoms with van der Waals surface area (Å²) in [5, 5.41) is 3.31. The zero-order valence-electron chi connectivity index (χ0n) is 10.7. The van der Waals surface area contributed by atoms with Crippen LogP contribution in [0.4, 0.5) is 0 Å². The Labute approximate surface area is 103 Å². The second kappa shape index (κ2) is 4.92. The van der Waals surface area contributed by atoms with Gasteiger partial charge in [0.05, 0.1) is 18.2 Å². The number of rotatable bonds is 5. The number of hydrogen-bond donors (Lipinski definition) is 2. The molecule has 1 aliphatic heterocycles. The van der Waals surface area contributed by atoms with Gasteiger partial charge in [0.15, 0.2) is 0 Å². The van der Waals surface area contributed by atoms with E-state index in [1.54, 1.807) is 0 Å². The van der Waals surface area contributed by atoms with Gasteiger partial charge in [-0.3, -0.25) is 9.69 Å². The molecule has 17 heavy (non-hydrogen) atoms. The molecule has 1 atom stereocenters. The fourth-order valence-electron chi connectivity index (χ4n) is 2.29. The van der Waals surface area contributed by atoms with Crippen LogP contribution in [0.5, 0.6) is 0 Å². The topological polar surface area (TPSA) is 67.6 Å². The predicted octanol–water partition coefficient (Wildman–Crippen LogP) is -0.297. The molecule has 0 spiro atoms. The van der Waals surface area contributed by atoms with Crippen LogP contribution in [0.25, 0.3) is 0 Å². The second-order valence-electron chi connectivity index (χ2n) is 5.74. The summed E-state index contributed by atoms with van der Waals surface area (Å²) >= 11 is 0. The number of nitrogens with two attached hydrogens (primary N) is 1. The molecule has 5 heteroatoms. The molecule has 3 N–H and O–H groups in total. The third-order valence-electron chi connectivity index (χ3n) is 3.30. The number of nitrogens with one attached hydrogen (secondary N) is 1. The number of primary amides is 1. The van der Waals surface area contributed by atoms with Gasteiger partial charge < -0.3 is 15.8 Å². The Morgan fingerprint density at radius 3 is 2.82 bits per heavy atom. The van der Waals surface area contributed by atoms with Gasteiger partial charge in [0.25, 0.3) is 0 Å². The Morgan fingerprint density at radius 2 is 2.29 bits per heavy atom. The Bertz CT molecular complexity index is 289. The van der Waals surface area contributed by atoms with Crippen LogP contribution < -0.4 is 11.1 Å². The highest BCUT2D eigenvalue weighted by Crippen LogP contribution is 2.20. The summed E-state index contributed by atoms with van der Waals surface area (Å²) in [7, 11) is 0. The third kappa shape index (κ3) is 3.94. The van der Waals surface area contributed by atoms with Crippen molar-refractivity contribution in [2.75, 3.05) is 26.2 Å². The van der Waals surface area contributed by atoms with Crippen molar-refractivity contribution >= 4 is 5.91 Å². The van der Waals surface area contributed by atoms with E-state index in [0.717, 1.165) is 19.7 Å². The van der Waals surface area contributed by atoms with Crippen LogP contribution in [0.1, 0.15) is 26.7 Å². The fourth-order valence-corrected chi connectivity index (χ4v) is 2.29. The maximum atomic E-state index is 11.4. The molecule has 0 aromatic heterocycles. The molecule has 1 saturated heterocycles. The van der Waals surface area contributed by atoms with Gasteiger partial charge >= 0.3 is 0 Å². The van der Waals surface area contributed by atoms with Gasteiger partial charge in [-0.2, -0.15) is 0 Å². The number of hydrogen-bond acceptors (Lipinski definition) is 4. The molecule has 1 heterocycles. The lowest BCUT2D eigenvalue weighted by atomic mass is 10.1. The molecule has 1 aliphatic carbocycles. The third-order valence-corrected chi connectivity index (χ3v) is 3.30. The van der Waals surface area contributed by atoms with Crippen molar-refractivity contribution in [1.29, 1.82) is 0 Å². The van der Waals surface area contributed by atoms with Gasteiger partial charge in [-0.1, -0.05) is 0 Å². The average Bonchev–Trinajstić information content (AvgIpc) is 2.99. The van der Waals surface area contributed by atoms with Crippen LogP contribution in [-0.4, -0.2) is 54.7 Å². The summed E-state index contributed by atoms with van der Waals surface area (Å²) in [6.45, 7) is 7.29. The Hall–Kier alpha value is -0.650. The lowest BCUT2D eigenvalue weighted by Gasteiger charge is -2.39. The zero-order valence-corrected chi connectivity index (χ0v) is 10.7. The molecule has 1 saturated carbocycles. The summed E-state index contributed by atoms with van der Waals surface area (Å²) < 4.78 is 5.65. The quantitative estimate of drug-likeness (QED) is 0.693. The van der Waals surface area contributed by atoms with Crippen molar-refractivity contribution in [2.45, 2.75) is 44.4 Å². The van der Waals surface area contributed by atoms with E-state index in [9.17, 15) is 4.79 Å². The van der Waals surface area contributed by atoms with Crippen molar-refractivity contribution in [3.8, 4) is 0 Å². The Balaban J connectivity index is 1.85. The smallest absolute Gasteiger partial charge is 0.235 e.